The molecule has 4 rings (SSSR count). The number of aromatic nitrogens is 1. The highest BCUT2D eigenvalue weighted by Gasteiger charge is 2.41. The van der Waals surface area contributed by atoms with Crippen molar-refractivity contribution in [3.63, 3.8) is 0 Å². The van der Waals surface area contributed by atoms with Gasteiger partial charge in [-0.05, 0) is 55.0 Å². The molecule has 3 heterocycles. The summed E-state index contributed by atoms with van der Waals surface area (Å²) >= 11 is 1.46. The zero-order valence-corrected chi connectivity index (χ0v) is 20.9. The van der Waals surface area contributed by atoms with Crippen molar-refractivity contribution in [3.8, 4) is 0 Å². The SMILES string of the molecule is C=CCOC(=O)C1=C(C)N=C2SC=C(CC(=O)NCc3ccncc3)N2[C@@H]1c1ccc(C)cc1C. The van der Waals surface area contributed by atoms with Crippen molar-refractivity contribution in [2.75, 3.05) is 6.61 Å². The molecule has 0 aliphatic carbocycles. The Kier molecular flexibility index (Phi) is 7.51. The number of benzene rings is 1. The highest BCUT2D eigenvalue weighted by Crippen LogP contribution is 2.45. The number of aryl methyl sites for hydroxylation is 2. The number of hydrogen-bond donors (Lipinski definition) is 1. The third kappa shape index (κ3) is 5.38. The zero-order valence-electron chi connectivity index (χ0n) is 20.1. The van der Waals surface area contributed by atoms with E-state index >= 15 is 0 Å². The number of amidine groups is 1. The molecule has 35 heavy (non-hydrogen) atoms. The van der Waals surface area contributed by atoms with Gasteiger partial charge < -0.3 is 15.0 Å². The average molecular weight is 489 g/mol. The third-order valence-corrected chi connectivity index (χ3v) is 6.74. The lowest BCUT2D eigenvalue weighted by Gasteiger charge is -2.37. The van der Waals surface area contributed by atoms with Crippen LogP contribution < -0.4 is 5.32 Å². The van der Waals surface area contributed by atoms with E-state index in [-0.39, 0.29) is 18.9 Å². The minimum absolute atomic E-state index is 0.112. The molecule has 1 N–H and O–H groups in total. The van der Waals surface area contributed by atoms with E-state index in [2.05, 4.69) is 22.9 Å². The molecule has 0 radical (unpaired) electrons. The van der Waals surface area contributed by atoms with Crippen molar-refractivity contribution in [2.24, 2.45) is 4.99 Å². The Labute approximate surface area is 209 Å². The Morgan fingerprint density at radius 3 is 2.69 bits per heavy atom. The smallest absolute Gasteiger partial charge is 0.338 e. The van der Waals surface area contributed by atoms with Gasteiger partial charge >= 0.3 is 5.97 Å². The third-order valence-electron chi connectivity index (χ3n) is 5.85. The van der Waals surface area contributed by atoms with Crippen molar-refractivity contribution in [2.45, 2.75) is 39.8 Å². The molecular weight excluding hydrogens is 460 g/mol. The molecule has 1 aromatic carbocycles. The first-order chi connectivity index (χ1) is 16.9. The minimum atomic E-state index is -0.449. The molecule has 2 aliphatic rings. The summed E-state index contributed by atoms with van der Waals surface area (Å²) in [6, 6.07) is 9.45. The minimum Gasteiger partial charge on any atom is -0.458 e. The summed E-state index contributed by atoms with van der Waals surface area (Å²) in [5.74, 6) is -0.551. The molecule has 0 bridgehead atoms. The maximum absolute atomic E-state index is 13.2. The van der Waals surface area contributed by atoms with Crippen molar-refractivity contribution in [1.82, 2.24) is 15.2 Å². The monoisotopic (exact) mass is 488 g/mol. The number of nitrogens with zero attached hydrogens (tertiary/aromatic N) is 3. The summed E-state index contributed by atoms with van der Waals surface area (Å²) in [6.07, 6.45) is 5.10. The second-order valence-electron chi connectivity index (χ2n) is 8.45. The van der Waals surface area contributed by atoms with E-state index in [4.69, 9.17) is 9.73 Å². The topological polar surface area (TPSA) is 83.9 Å². The number of carbonyl (C=O) groups excluding carboxylic acids is 2. The van der Waals surface area contributed by atoms with E-state index in [0.717, 1.165) is 33.1 Å². The molecule has 1 atom stereocenters. The van der Waals surface area contributed by atoms with Crippen molar-refractivity contribution < 1.29 is 14.3 Å². The Balaban J connectivity index is 1.64. The maximum atomic E-state index is 13.2. The lowest BCUT2D eigenvalue weighted by atomic mass is 9.90. The first kappa shape index (κ1) is 24.5. The van der Waals surface area contributed by atoms with Crippen LogP contribution in [0.15, 0.2) is 82.7 Å². The lowest BCUT2D eigenvalue weighted by Crippen LogP contribution is -2.38. The molecule has 0 saturated heterocycles. The van der Waals surface area contributed by atoms with Gasteiger partial charge in [0.15, 0.2) is 5.17 Å². The van der Waals surface area contributed by atoms with Gasteiger partial charge in [0.05, 0.1) is 23.7 Å². The molecule has 8 heteroatoms. The molecule has 0 saturated carbocycles. The molecule has 180 valence electrons. The number of nitrogens with one attached hydrogen (secondary N) is 1. The van der Waals surface area contributed by atoms with Gasteiger partial charge in [0.25, 0.3) is 0 Å². The van der Waals surface area contributed by atoms with Crippen LogP contribution in [0, 0.1) is 13.8 Å². The van der Waals surface area contributed by atoms with E-state index in [1.807, 2.05) is 55.3 Å². The van der Waals surface area contributed by atoms with Crippen LogP contribution in [0.2, 0.25) is 0 Å². The largest absolute Gasteiger partial charge is 0.458 e. The molecule has 2 aliphatic heterocycles. The normalized spacial score (nSPS) is 16.9. The molecular formula is C27H28N4O3S. The summed E-state index contributed by atoms with van der Waals surface area (Å²) in [6.45, 7) is 10.1. The Morgan fingerprint density at radius 2 is 1.97 bits per heavy atom. The van der Waals surface area contributed by atoms with E-state index in [0.29, 0.717) is 17.8 Å². The number of hydrogen-bond acceptors (Lipinski definition) is 7. The Morgan fingerprint density at radius 1 is 1.20 bits per heavy atom. The number of aliphatic imine (C=N–C) groups is 1. The number of rotatable bonds is 8. The van der Waals surface area contributed by atoms with E-state index in [9.17, 15) is 9.59 Å². The standard InChI is InChI=1S/C27H28N4O3S/c1-5-12-34-26(33)24-19(4)30-27-31(25(24)22-7-6-17(2)13-18(22)3)21(16-35-27)14-23(32)29-15-20-8-10-28-11-9-20/h5-11,13,16,25H,1,12,14-15H2,2-4H3,(H,29,32)/t25-/m1/s1. The fraction of sp³-hybridized carbons (Fsp3) is 0.259. The molecule has 0 fully saturated rings. The van der Waals surface area contributed by atoms with E-state index in [1.54, 1.807) is 18.5 Å². The molecule has 7 nitrogen and oxygen atoms in total. The lowest BCUT2D eigenvalue weighted by molar-refractivity contribution is -0.138. The van der Waals surface area contributed by atoms with Crippen LogP contribution in [-0.2, 0) is 20.9 Å². The van der Waals surface area contributed by atoms with Crippen molar-refractivity contribution in [1.29, 1.82) is 0 Å². The van der Waals surface area contributed by atoms with Crippen LogP contribution in [0.3, 0.4) is 0 Å². The molecule has 1 amide bonds. The van der Waals surface area contributed by atoms with E-state index < -0.39 is 12.0 Å². The van der Waals surface area contributed by atoms with Gasteiger partial charge in [-0.1, -0.05) is 48.2 Å². The van der Waals surface area contributed by atoms with Crippen LogP contribution in [0.25, 0.3) is 0 Å². The van der Waals surface area contributed by atoms with Crippen LogP contribution in [-0.4, -0.2) is 33.5 Å². The van der Waals surface area contributed by atoms with Gasteiger partial charge in [-0.2, -0.15) is 0 Å². The van der Waals surface area contributed by atoms with Crippen LogP contribution in [0.4, 0.5) is 0 Å². The van der Waals surface area contributed by atoms with Gasteiger partial charge in [0, 0.05) is 24.6 Å². The molecule has 1 aromatic heterocycles. The number of amides is 1. The number of allylic oxidation sites excluding steroid dienone is 1. The molecule has 0 unspecified atom stereocenters. The first-order valence-electron chi connectivity index (χ1n) is 11.3. The van der Waals surface area contributed by atoms with Crippen LogP contribution >= 0.6 is 11.8 Å². The fourth-order valence-corrected chi connectivity index (χ4v) is 5.16. The number of ether oxygens (including phenoxy) is 1. The Bertz CT molecular complexity index is 1250. The van der Waals surface area contributed by atoms with Crippen molar-refractivity contribution in [3.05, 3.63) is 100 Å². The van der Waals surface area contributed by atoms with Gasteiger partial charge in [-0.3, -0.25) is 9.78 Å². The summed E-state index contributed by atoms with van der Waals surface area (Å²) < 4.78 is 5.45. The second-order valence-corrected chi connectivity index (χ2v) is 9.29. The quantitative estimate of drug-likeness (QED) is 0.428. The first-order valence-corrected chi connectivity index (χ1v) is 12.2. The summed E-state index contributed by atoms with van der Waals surface area (Å²) in [7, 11) is 0. The number of pyridine rings is 1. The van der Waals surface area contributed by atoms with Gasteiger partial charge in [0.1, 0.15) is 6.61 Å². The van der Waals surface area contributed by atoms with Gasteiger partial charge in [0.2, 0.25) is 5.91 Å². The fourth-order valence-electron chi connectivity index (χ4n) is 4.20. The average Bonchev–Trinajstić information content (AvgIpc) is 3.23. The molecule has 2 aromatic rings. The highest BCUT2D eigenvalue weighted by molar-refractivity contribution is 8.16. The number of carbonyl (C=O) groups is 2. The zero-order chi connectivity index (χ0) is 24.9. The maximum Gasteiger partial charge on any atom is 0.338 e. The summed E-state index contributed by atoms with van der Waals surface area (Å²) in [4.78, 5) is 36.7. The van der Waals surface area contributed by atoms with Gasteiger partial charge in [-0.15, -0.1) is 0 Å². The number of thioether (sulfide) groups is 1. The summed E-state index contributed by atoms with van der Waals surface area (Å²) in [5, 5.41) is 5.65. The second kappa shape index (κ2) is 10.7. The summed E-state index contributed by atoms with van der Waals surface area (Å²) in [5.41, 5.74) is 5.99. The number of esters is 1. The van der Waals surface area contributed by atoms with E-state index in [1.165, 1.54) is 11.8 Å². The predicted octanol–water partition coefficient (Wildman–Crippen LogP) is 4.71. The molecule has 0 spiro atoms. The predicted molar refractivity (Wildman–Crippen MR) is 138 cm³/mol. The highest BCUT2D eigenvalue weighted by atomic mass is 32.2. The van der Waals surface area contributed by atoms with Gasteiger partial charge in [-0.25, -0.2) is 9.79 Å². The van der Waals surface area contributed by atoms with Crippen LogP contribution in [0.1, 0.15) is 41.6 Å². The number of fused-ring (bicyclic) bond motifs is 1. The van der Waals surface area contributed by atoms with Crippen LogP contribution in [0.5, 0.6) is 0 Å². The van der Waals surface area contributed by atoms with Crippen molar-refractivity contribution >= 4 is 28.8 Å². The Hall–Kier alpha value is -3.65.